The van der Waals surface area contributed by atoms with Crippen molar-refractivity contribution in [3.63, 3.8) is 0 Å². The van der Waals surface area contributed by atoms with Gasteiger partial charge in [-0.3, -0.25) is 5.32 Å². The van der Waals surface area contributed by atoms with Gasteiger partial charge >= 0.3 is 0 Å². The summed E-state index contributed by atoms with van der Waals surface area (Å²) < 4.78 is 5.41. The van der Waals surface area contributed by atoms with E-state index in [9.17, 15) is 5.26 Å². The maximum absolute atomic E-state index is 9.30. The van der Waals surface area contributed by atoms with Crippen molar-refractivity contribution in [1.29, 1.82) is 5.26 Å². The molecule has 122 valence electrons. The van der Waals surface area contributed by atoms with Crippen LogP contribution in [0.1, 0.15) is 52.4 Å². The molecule has 0 aromatic rings. The Balaban J connectivity index is 2.12. The van der Waals surface area contributed by atoms with Gasteiger partial charge in [0.2, 0.25) is 0 Å². The second kappa shape index (κ2) is 10.2. The fraction of sp³-hybridized carbons (Fsp3) is 0.941. The molecular formula is C17H33N3O. The number of unbranched alkanes of at least 4 members (excludes halogenated alkanes) is 1. The Hall–Kier alpha value is -0.630. The van der Waals surface area contributed by atoms with Gasteiger partial charge in [-0.2, -0.15) is 5.26 Å². The summed E-state index contributed by atoms with van der Waals surface area (Å²) in [5.41, 5.74) is -0.352. The number of nitrogens with one attached hydrogen (secondary N) is 1. The lowest BCUT2D eigenvalue weighted by Gasteiger charge is -2.27. The summed E-state index contributed by atoms with van der Waals surface area (Å²) in [6.45, 7) is 9.27. The molecule has 0 aromatic heterocycles. The van der Waals surface area contributed by atoms with Gasteiger partial charge in [0.15, 0.2) is 0 Å². The first-order chi connectivity index (χ1) is 10.1. The number of nitrogens with zero attached hydrogens (tertiary/aromatic N) is 2. The Morgan fingerprint density at radius 1 is 1.33 bits per heavy atom. The van der Waals surface area contributed by atoms with Crippen LogP contribution >= 0.6 is 0 Å². The minimum atomic E-state index is -0.352. The molecule has 4 nitrogen and oxygen atoms in total. The topological polar surface area (TPSA) is 48.3 Å². The summed E-state index contributed by atoms with van der Waals surface area (Å²) in [6.07, 6.45) is 6.71. The van der Waals surface area contributed by atoms with Crippen molar-refractivity contribution >= 4 is 0 Å². The average molecular weight is 295 g/mol. The van der Waals surface area contributed by atoms with Gasteiger partial charge in [-0.25, -0.2) is 0 Å². The van der Waals surface area contributed by atoms with E-state index in [1.54, 1.807) is 0 Å². The van der Waals surface area contributed by atoms with Gasteiger partial charge < -0.3 is 9.64 Å². The summed E-state index contributed by atoms with van der Waals surface area (Å²) in [7, 11) is 2.22. The molecular weight excluding hydrogens is 262 g/mol. The molecule has 1 rings (SSSR count). The van der Waals surface area contributed by atoms with Crippen molar-refractivity contribution in [2.75, 3.05) is 39.9 Å². The molecule has 0 amide bonds. The highest BCUT2D eigenvalue weighted by Gasteiger charge is 2.22. The minimum Gasteiger partial charge on any atom is -0.381 e. The lowest BCUT2D eigenvalue weighted by atomic mass is 9.96. The highest BCUT2D eigenvalue weighted by atomic mass is 16.5. The fourth-order valence-corrected chi connectivity index (χ4v) is 2.91. The third-order valence-electron chi connectivity index (χ3n) is 4.39. The Kier molecular flexibility index (Phi) is 8.91. The molecule has 4 heteroatoms. The predicted octanol–water partition coefficient (Wildman–Crippen LogP) is 2.80. The quantitative estimate of drug-likeness (QED) is 0.630. The van der Waals surface area contributed by atoms with Gasteiger partial charge in [-0.05, 0) is 71.5 Å². The molecule has 1 saturated heterocycles. The van der Waals surface area contributed by atoms with E-state index in [0.29, 0.717) is 0 Å². The Bertz CT molecular complexity index is 310. The lowest BCUT2D eigenvalue weighted by Crippen LogP contribution is -2.41. The van der Waals surface area contributed by atoms with Gasteiger partial charge in [0, 0.05) is 19.8 Å². The van der Waals surface area contributed by atoms with E-state index in [4.69, 9.17) is 4.74 Å². The standard InChI is InChI=1S/C17H33N3O/c1-4-10-19-17(2,15-18)9-5-6-11-20(3)14-16-7-12-21-13-8-16/h16,19H,4-14H2,1-3H3. The first-order valence-electron chi connectivity index (χ1n) is 8.52. The largest absolute Gasteiger partial charge is 0.381 e. The summed E-state index contributed by atoms with van der Waals surface area (Å²) in [6, 6.07) is 2.43. The van der Waals surface area contributed by atoms with E-state index < -0.39 is 0 Å². The Morgan fingerprint density at radius 3 is 2.67 bits per heavy atom. The van der Waals surface area contributed by atoms with E-state index in [0.717, 1.165) is 51.5 Å². The molecule has 1 heterocycles. The van der Waals surface area contributed by atoms with E-state index in [1.807, 2.05) is 6.92 Å². The zero-order valence-corrected chi connectivity index (χ0v) is 14.2. The molecule has 1 fully saturated rings. The fourth-order valence-electron chi connectivity index (χ4n) is 2.91. The van der Waals surface area contributed by atoms with Crippen LogP contribution in [0, 0.1) is 17.2 Å². The lowest BCUT2D eigenvalue weighted by molar-refractivity contribution is 0.0555. The second-order valence-electron chi connectivity index (χ2n) is 6.65. The summed E-state index contributed by atoms with van der Waals surface area (Å²) >= 11 is 0. The SMILES string of the molecule is CCCNC(C)(C#N)CCCCN(C)CC1CCOCC1. The van der Waals surface area contributed by atoms with Crippen LogP contribution in [0.25, 0.3) is 0 Å². The molecule has 0 aromatic carbocycles. The zero-order valence-electron chi connectivity index (χ0n) is 14.2. The molecule has 1 aliphatic rings. The van der Waals surface area contributed by atoms with Gasteiger partial charge in [0.05, 0.1) is 6.07 Å². The van der Waals surface area contributed by atoms with Gasteiger partial charge in [-0.1, -0.05) is 6.92 Å². The van der Waals surface area contributed by atoms with E-state index >= 15 is 0 Å². The smallest absolute Gasteiger partial charge is 0.103 e. The number of hydrogen-bond acceptors (Lipinski definition) is 4. The van der Waals surface area contributed by atoms with Crippen molar-refractivity contribution < 1.29 is 4.74 Å². The van der Waals surface area contributed by atoms with Crippen LogP contribution in [-0.4, -0.2) is 50.3 Å². The molecule has 0 radical (unpaired) electrons. The van der Waals surface area contributed by atoms with Crippen LogP contribution in [0.3, 0.4) is 0 Å². The first-order valence-corrected chi connectivity index (χ1v) is 8.52. The van der Waals surface area contributed by atoms with Gasteiger partial charge in [0.1, 0.15) is 5.54 Å². The molecule has 0 saturated carbocycles. The highest BCUT2D eigenvalue weighted by molar-refractivity contribution is 5.03. The van der Waals surface area contributed by atoms with E-state index in [2.05, 4.69) is 30.3 Å². The molecule has 1 aliphatic heterocycles. The summed E-state index contributed by atoms with van der Waals surface area (Å²) in [4.78, 5) is 2.44. The molecule has 1 atom stereocenters. The third-order valence-corrected chi connectivity index (χ3v) is 4.39. The Morgan fingerprint density at radius 2 is 2.05 bits per heavy atom. The van der Waals surface area contributed by atoms with Crippen molar-refractivity contribution in [1.82, 2.24) is 10.2 Å². The number of nitriles is 1. The maximum Gasteiger partial charge on any atom is 0.103 e. The Labute approximate surface area is 130 Å². The summed E-state index contributed by atoms with van der Waals surface area (Å²) in [5.74, 6) is 0.805. The molecule has 21 heavy (non-hydrogen) atoms. The second-order valence-corrected chi connectivity index (χ2v) is 6.65. The van der Waals surface area contributed by atoms with Crippen molar-refractivity contribution in [3.05, 3.63) is 0 Å². The zero-order chi connectivity index (χ0) is 15.6. The van der Waals surface area contributed by atoms with Crippen LogP contribution in [0.2, 0.25) is 0 Å². The minimum absolute atomic E-state index is 0.352. The third kappa shape index (κ3) is 7.80. The van der Waals surface area contributed by atoms with Crippen molar-refractivity contribution in [2.45, 2.75) is 57.9 Å². The van der Waals surface area contributed by atoms with Crippen molar-refractivity contribution in [2.24, 2.45) is 5.92 Å². The molecule has 0 bridgehead atoms. The molecule has 1 unspecified atom stereocenters. The van der Waals surface area contributed by atoms with E-state index in [1.165, 1.54) is 25.8 Å². The van der Waals surface area contributed by atoms with Crippen LogP contribution in [0.15, 0.2) is 0 Å². The van der Waals surface area contributed by atoms with Crippen LogP contribution < -0.4 is 5.32 Å². The van der Waals surface area contributed by atoms with E-state index in [-0.39, 0.29) is 5.54 Å². The molecule has 1 N–H and O–H groups in total. The highest BCUT2D eigenvalue weighted by Crippen LogP contribution is 2.17. The van der Waals surface area contributed by atoms with Crippen molar-refractivity contribution in [3.8, 4) is 6.07 Å². The predicted molar refractivity (Wildman–Crippen MR) is 87.2 cm³/mol. The normalized spacial score (nSPS) is 19.4. The molecule has 0 aliphatic carbocycles. The molecule has 0 spiro atoms. The average Bonchev–Trinajstić information content (AvgIpc) is 2.50. The number of ether oxygens (including phenoxy) is 1. The summed E-state index contributed by atoms with van der Waals surface area (Å²) in [5, 5.41) is 12.7. The number of rotatable bonds is 10. The first kappa shape index (κ1) is 18.4. The maximum atomic E-state index is 9.30. The monoisotopic (exact) mass is 295 g/mol. The van der Waals surface area contributed by atoms with Crippen LogP contribution in [0.4, 0.5) is 0 Å². The number of hydrogen-bond donors (Lipinski definition) is 1. The van der Waals surface area contributed by atoms with Gasteiger partial charge in [-0.15, -0.1) is 0 Å². The van der Waals surface area contributed by atoms with Crippen LogP contribution in [0.5, 0.6) is 0 Å². The van der Waals surface area contributed by atoms with Gasteiger partial charge in [0.25, 0.3) is 0 Å². The van der Waals surface area contributed by atoms with Crippen LogP contribution in [-0.2, 0) is 4.74 Å².